The molecule has 2 N–H and O–H groups in total. The van der Waals surface area contributed by atoms with Crippen LogP contribution >= 0.6 is 0 Å². The van der Waals surface area contributed by atoms with Gasteiger partial charge in [-0.15, -0.1) is 0 Å². The summed E-state index contributed by atoms with van der Waals surface area (Å²) in [5, 5.41) is 6.29. The Kier molecular flexibility index (Phi) is 3.44. The predicted molar refractivity (Wildman–Crippen MR) is 66.6 cm³/mol. The highest BCUT2D eigenvalue weighted by Crippen LogP contribution is 2.23. The van der Waals surface area contributed by atoms with Crippen LogP contribution in [0.15, 0.2) is 24.3 Å². The van der Waals surface area contributed by atoms with Gasteiger partial charge in [-0.2, -0.15) is 0 Å². The standard InChI is InChI=1S/C13H18N2O/c1-10(16)14-12-7-4-8-13(9-12)15-11-5-2-3-6-11/h4,7-9,11,15H,2-3,5-6H2,1H3,(H,14,16). The molecule has 1 aliphatic carbocycles. The fourth-order valence-corrected chi connectivity index (χ4v) is 2.20. The molecule has 16 heavy (non-hydrogen) atoms. The van der Waals surface area contributed by atoms with Crippen LogP contribution in [0.4, 0.5) is 11.4 Å². The van der Waals surface area contributed by atoms with Crippen LogP contribution in [-0.2, 0) is 4.79 Å². The Labute approximate surface area is 96.2 Å². The van der Waals surface area contributed by atoms with Crippen LogP contribution in [0, 0.1) is 0 Å². The molecule has 0 heterocycles. The summed E-state index contributed by atoms with van der Waals surface area (Å²) in [5.41, 5.74) is 1.95. The summed E-state index contributed by atoms with van der Waals surface area (Å²) in [6.45, 7) is 1.52. The van der Waals surface area contributed by atoms with Gasteiger partial charge < -0.3 is 10.6 Å². The smallest absolute Gasteiger partial charge is 0.221 e. The second-order valence-electron chi connectivity index (χ2n) is 4.39. The third kappa shape index (κ3) is 2.99. The van der Waals surface area contributed by atoms with Crippen LogP contribution in [0.3, 0.4) is 0 Å². The molecule has 0 aliphatic heterocycles. The van der Waals surface area contributed by atoms with Crippen molar-refractivity contribution in [3.05, 3.63) is 24.3 Å². The quantitative estimate of drug-likeness (QED) is 0.818. The predicted octanol–water partition coefficient (Wildman–Crippen LogP) is 3.00. The topological polar surface area (TPSA) is 41.1 Å². The average Bonchev–Trinajstić information content (AvgIpc) is 2.70. The summed E-state index contributed by atoms with van der Waals surface area (Å²) in [4.78, 5) is 10.9. The van der Waals surface area contributed by atoms with Crippen LogP contribution in [0.2, 0.25) is 0 Å². The van der Waals surface area contributed by atoms with E-state index in [1.165, 1.54) is 32.6 Å². The van der Waals surface area contributed by atoms with E-state index < -0.39 is 0 Å². The van der Waals surface area contributed by atoms with Gasteiger partial charge in [0.05, 0.1) is 0 Å². The third-order valence-electron chi connectivity index (χ3n) is 2.91. The van der Waals surface area contributed by atoms with Crippen molar-refractivity contribution < 1.29 is 4.79 Å². The number of anilines is 2. The van der Waals surface area contributed by atoms with Crippen molar-refractivity contribution in [3.63, 3.8) is 0 Å². The van der Waals surface area contributed by atoms with Crippen LogP contribution < -0.4 is 10.6 Å². The van der Waals surface area contributed by atoms with E-state index in [9.17, 15) is 4.79 Å². The molecule has 0 radical (unpaired) electrons. The first-order valence-corrected chi connectivity index (χ1v) is 5.88. The summed E-state index contributed by atoms with van der Waals surface area (Å²) >= 11 is 0. The number of benzene rings is 1. The second kappa shape index (κ2) is 5.01. The molecule has 1 aliphatic rings. The number of carbonyl (C=O) groups excluding carboxylic acids is 1. The Morgan fingerprint density at radius 3 is 2.62 bits per heavy atom. The zero-order valence-corrected chi connectivity index (χ0v) is 9.62. The van der Waals surface area contributed by atoms with Gasteiger partial charge in [0, 0.05) is 24.3 Å². The summed E-state index contributed by atoms with van der Waals surface area (Å²) in [6.07, 6.45) is 5.15. The minimum absolute atomic E-state index is 0.0296. The van der Waals surface area contributed by atoms with Gasteiger partial charge in [-0.1, -0.05) is 18.9 Å². The van der Waals surface area contributed by atoms with E-state index in [0.29, 0.717) is 6.04 Å². The fraction of sp³-hybridized carbons (Fsp3) is 0.462. The molecule has 0 aromatic heterocycles. The largest absolute Gasteiger partial charge is 0.382 e. The summed E-state index contributed by atoms with van der Waals surface area (Å²) < 4.78 is 0. The molecule has 1 fully saturated rings. The first-order valence-electron chi connectivity index (χ1n) is 5.88. The van der Waals surface area contributed by atoms with E-state index in [1.807, 2.05) is 24.3 Å². The maximum atomic E-state index is 10.9. The minimum Gasteiger partial charge on any atom is -0.382 e. The molecular weight excluding hydrogens is 200 g/mol. The lowest BCUT2D eigenvalue weighted by Crippen LogP contribution is -2.14. The van der Waals surface area contributed by atoms with E-state index in [1.54, 1.807) is 0 Å². The Bertz CT molecular complexity index is 370. The van der Waals surface area contributed by atoms with E-state index in [-0.39, 0.29) is 5.91 Å². The molecule has 3 heteroatoms. The number of carbonyl (C=O) groups is 1. The molecule has 1 saturated carbocycles. The number of hydrogen-bond donors (Lipinski definition) is 2. The first-order chi connectivity index (χ1) is 7.74. The van der Waals surface area contributed by atoms with Crippen LogP contribution in [0.1, 0.15) is 32.6 Å². The molecule has 0 saturated heterocycles. The van der Waals surface area contributed by atoms with Crippen molar-refractivity contribution in [2.45, 2.75) is 38.6 Å². The average molecular weight is 218 g/mol. The highest BCUT2D eigenvalue weighted by Gasteiger charge is 2.14. The van der Waals surface area contributed by atoms with Gasteiger partial charge in [0.25, 0.3) is 0 Å². The molecular formula is C13H18N2O. The van der Waals surface area contributed by atoms with E-state index in [4.69, 9.17) is 0 Å². The van der Waals surface area contributed by atoms with Gasteiger partial charge in [-0.25, -0.2) is 0 Å². The first kappa shape index (κ1) is 11.0. The molecule has 1 aromatic carbocycles. The molecule has 1 aromatic rings. The van der Waals surface area contributed by atoms with Gasteiger partial charge in [0.15, 0.2) is 0 Å². The van der Waals surface area contributed by atoms with Crippen molar-refractivity contribution >= 4 is 17.3 Å². The van der Waals surface area contributed by atoms with Crippen molar-refractivity contribution in [1.82, 2.24) is 0 Å². The highest BCUT2D eigenvalue weighted by molar-refractivity contribution is 5.89. The highest BCUT2D eigenvalue weighted by atomic mass is 16.1. The minimum atomic E-state index is -0.0296. The molecule has 3 nitrogen and oxygen atoms in total. The zero-order valence-electron chi connectivity index (χ0n) is 9.62. The lowest BCUT2D eigenvalue weighted by Gasteiger charge is -2.14. The summed E-state index contributed by atoms with van der Waals surface area (Å²) in [5.74, 6) is -0.0296. The number of amides is 1. The van der Waals surface area contributed by atoms with Crippen LogP contribution in [-0.4, -0.2) is 11.9 Å². The number of rotatable bonds is 3. The second-order valence-corrected chi connectivity index (χ2v) is 4.39. The summed E-state index contributed by atoms with van der Waals surface area (Å²) in [6, 6.07) is 8.50. The van der Waals surface area contributed by atoms with Crippen molar-refractivity contribution in [3.8, 4) is 0 Å². The maximum Gasteiger partial charge on any atom is 0.221 e. The Morgan fingerprint density at radius 1 is 1.25 bits per heavy atom. The number of hydrogen-bond acceptors (Lipinski definition) is 2. The Hall–Kier alpha value is -1.51. The molecule has 1 amide bonds. The van der Waals surface area contributed by atoms with E-state index >= 15 is 0 Å². The fourth-order valence-electron chi connectivity index (χ4n) is 2.20. The van der Waals surface area contributed by atoms with E-state index in [0.717, 1.165) is 11.4 Å². The zero-order chi connectivity index (χ0) is 11.4. The molecule has 0 bridgehead atoms. The number of nitrogens with one attached hydrogen (secondary N) is 2. The molecule has 0 atom stereocenters. The maximum absolute atomic E-state index is 10.9. The molecule has 86 valence electrons. The Balaban J connectivity index is 2.00. The van der Waals surface area contributed by atoms with Gasteiger partial charge in [-0.3, -0.25) is 4.79 Å². The normalized spacial score (nSPS) is 16.1. The van der Waals surface area contributed by atoms with Crippen molar-refractivity contribution in [1.29, 1.82) is 0 Å². The Morgan fingerprint density at radius 2 is 1.94 bits per heavy atom. The SMILES string of the molecule is CC(=O)Nc1cccc(NC2CCCC2)c1. The van der Waals surface area contributed by atoms with Gasteiger partial charge >= 0.3 is 0 Å². The lowest BCUT2D eigenvalue weighted by atomic mass is 10.2. The molecule has 0 spiro atoms. The van der Waals surface area contributed by atoms with Gasteiger partial charge in [0.1, 0.15) is 0 Å². The van der Waals surface area contributed by atoms with Gasteiger partial charge in [-0.05, 0) is 31.0 Å². The monoisotopic (exact) mass is 218 g/mol. The van der Waals surface area contributed by atoms with Gasteiger partial charge in [0.2, 0.25) is 5.91 Å². The third-order valence-corrected chi connectivity index (χ3v) is 2.91. The molecule has 2 rings (SSSR count). The summed E-state index contributed by atoms with van der Waals surface area (Å²) in [7, 11) is 0. The van der Waals surface area contributed by atoms with Crippen molar-refractivity contribution in [2.75, 3.05) is 10.6 Å². The van der Waals surface area contributed by atoms with E-state index in [2.05, 4.69) is 10.6 Å². The lowest BCUT2D eigenvalue weighted by molar-refractivity contribution is -0.114. The van der Waals surface area contributed by atoms with Crippen LogP contribution in [0.25, 0.3) is 0 Å². The molecule has 0 unspecified atom stereocenters. The van der Waals surface area contributed by atoms with Crippen molar-refractivity contribution in [2.24, 2.45) is 0 Å². The van der Waals surface area contributed by atoms with Crippen LogP contribution in [0.5, 0.6) is 0 Å².